The largest absolute Gasteiger partial charge is 0.356 e. The Morgan fingerprint density at radius 3 is 2.72 bits per heavy atom. The maximum Gasteiger partial charge on any atom is 0.220 e. The average Bonchev–Trinajstić information content (AvgIpc) is 2.37. The lowest BCUT2D eigenvalue weighted by Crippen LogP contribution is -2.24. The fraction of sp³-hybridized carbons (Fsp3) is 0.533. The van der Waals surface area contributed by atoms with Gasteiger partial charge < -0.3 is 5.32 Å². The number of rotatable bonds is 8. The zero-order chi connectivity index (χ0) is 13.2. The van der Waals surface area contributed by atoms with E-state index in [4.69, 9.17) is 0 Å². The Labute approximate surface area is 124 Å². The molecule has 0 atom stereocenters. The number of carbonyl (C=O) groups excluding carboxylic acids is 1. The summed E-state index contributed by atoms with van der Waals surface area (Å²) < 4.78 is 1.21. The third-order valence-electron chi connectivity index (χ3n) is 3.02. The van der Waals surface area contributed by atoms with Gasteiger partial charge in [-0.3, -0.25) is 4.79 Å². The molecule has 1 N–H and O–H groups in total. The quantitative estimate of drug-likeness (QED) is 0.429. The fourth-order valence-corrected chi connectivity index (χ4v) is 2.39. The minimum atomic E-state index is 0.174. The molecule has 1 aromatic carbocycles. The second-order valence-corrected chi connectivity index (χ2v) is 5.60. The van der Waals surface area contributed by atoms with Gasteiger partial charge in [-0.2, -0.15) is 0 Å². The number of unbranched alkanes of at least 4 members (excludes halogenated alkanes) is 2. The second kappa shape index (κ2) is 9.36. The number of alkyl halides is 1. The van der Waals surface area contributed by atoms with Crippen molar-refractivity contribution >= 4 is 28.5 Å². The first-order valence-corrected chi connectivity index (χ1v) is 8.13. The summed E-state index contributed by atoms with van der Waals surface area (Å²) in [6.07, 6.45) is 4.99. The van der Waals surface area contributed by atoms with Gasteiger partial charge in [-0.1, -0.05) is 53.3 Å². The monoisotopic (exact) mass is 359 g/mol. The molecule has 0 aliphatic heterocycles. The van der Waals surface area contributed by atoms with Crippen LogP contribution in [0.25, 0.3) is 0 Å². The molecule has 1 rings (SSSR count). The molecule has 0 saturated heterocycles. The topological polar surface area (TPSA) is 29.1 Å². The summed E-state index contributed by atoms with van der Waals surface area (Å²) in [4.78, 5) is 11.6. The van der Waals surface area contributed by atoms with Crippen molar-refractivity contribution in [3.63, 3.8) is 0 Å². The molecule has 0 aromatic heterocycles. The van der Waals surface area contributed by atoms with Gasteiger partial charge in [0.25, 0.3) is 0 Å². The molecule has 0 radical (unpaired) electrons. The normalized spacial score (nSPS) is 10.3. The Kier molecular flexibility index (Phi) is 8.05. The average molecular weight is 359 g/mol. The van der Waals surface area contributed by atoms with Crippen LogP contribution in [0.15, 0.2) is 24.3 Å². The van der Waals surface area contributed by atoms with Crippen molar-refractivity contribution < 1.29 is 4.79 Å². The van der Waals surface area contributed by atoms with Crippen LogP contribution in [0.3, 0.4) is 0 Å². The lowest BCUT2D eigenvalue weighted by molar-refractivity contribution is -0.121. The van der Waals surface area contributed by atoms with Gasteiger partial charge in [0, 0.05) is 13.0 Å². The van der Waals surface area contributed by atoms with Crippen LogP contribution in [0, 0.1) is 6.92 Å². The van der Waals surface area contributed by atoms with Crippen molar-refractivity contribution in [2.75, 3.05) is 11.0 Å². The molecule has 1 amide bonds. The highest BCUT2D eigenvalue weighted by Crippen LogP contribution is 2.09. The van der Waals surface area contributed by atoms with E-state index in [2.05, 4.69) is 47.0 Å². The summed E-state index contributed by atoms with van der Waals surface area (Å²) in [5.74, 6) is 0.174. The van der Waals surface area contributed by atoms with Crippen molar-refractivity contribution in [3.8, 4) is 0 Å². The molecule has 0 bridgehead atoms. The zero-order valence-corrected chi connectivity index (χ0v) is 13.2. The third kappa shape index (κ3) is 6.38. The third-order valence-corrected chi connectivity index (χ3v) is 3.78. The molecule has 100 valence electrons. The smallest absolute Gasteiger partial charge is 0.220 e. The summed E-state index contributed by atoms with van der Waals surface area (Å²) in [6, 6.07) is 8.26. The van der Waals surface area contributed by atoms with Crippen LogP contribution in [0.4, 0.5) is 0 Å². The zero-order valence-electron chi connectivity index (χ0n) is 11.0. The lowest BCUT2D eigenvalue weighted by Gasteiger charge is -2.06. The summed E-state index contributed by atoms with van der Waals surface area (Å²) in [5.41, 5.74) is 2.55. The van der Waals surface area contributed by atoms with E-state index in [0.29, 0.717) is 6.42 Å². The van der Waals surface area contributed by atoms with E-state index in [1.807, 2.05) is 12.1 Å². The van der Waals surface area contributed by atoms with Crippen molar-refractivity contribution in [2.45, 2.75) is 39.0 Å². The van der Waals surface area contributed by atoms with E-state index in [0.717, 1.165) is 19.4 Å². The van der Waals surface area contributed by atoms with Crippen LogP contribution in [-0.4, -0.2) is 16.9 Å². The van der Waals surface area contributed by atoms with Crippen molar-refractivity contribution in [1.29, 1.82) is 0 Å². The Bertz CT molecular complexity index is 365. The highest BCUT2D eigenvalue weighted by atomic mass is 127. The number of halogens is 1. The van der Waals surface area contributed by atoms with Gasteiger partial charge in [0.1, 0.15) is 0 Å². The molecule has 0 heterocycles. The Morgan fingerprint density at radius 2 is 2.00 bits per heavy atom. The van der Waals surface area contributed by atoms with Crippen LogP contribution in [-0.2, 0) is 11.2 Å². The van der Waals surface area contributed by atoms with Gasteiger partial charge in [0.2, 0.25) is 5.91 Å². The SMILES string of the molecule is Cc1ccccc1CCC(=O)NCCCCCI. The standard InChI is InChI=1S/C15H22INO/c1-13-7-3-4-8-14(13)9-10-15(18)17-12-6-2-5-11-16/h3-4,7-8H,2,5-6,9-12H2,1H3,(H,17,18). The van der Waals surface area contributed by atoms with Gasteiger partial charge in [0.05, 0.1) is 0 Å². The predicted molar refractivity (Wildman–Crippen MR) is 85.2 cm³/mol. The summed E-state index contributed by atoms with van der Waals surface area (Å²) in [5, 5.41) is 2.99. The second-order valence-electron chi connectivity index (χ2n) is 4.53. The van der Waals surface area contributed by atoms with E-state index in [9.17, 15) is 4.79 Å². The van der Waals surface area contributed by atoms with Gasteiger partial charge in [0.15, 0.2) is 0 Å². The maximum absolute atomic E-state index is 11.6. The van der Waals surface area contributed by atoms with Gasteiger partial charge in [-0.15, -0.1) is 0 Å². The molecule has 0 saturated carbocycles. The molecule has 1 aromatic rings. The van der Waals surface area contributed by atoms with E-state index >= 15 is 0 Å². The Balaban J connectivity index is 2.15. The van der Waals surface area contributed by atoms with Gasteiger partial charge in [-0.05, 0) is 41.7 Å². The number of nitrogens with one attached hydrogen (secondary N) is 1. The highest BCUT2D eigenvalue weighted by molar-refractivity contribution is 14.1. The number of benzene rings is 1. The maximum atomic E-state index is 11.6. The van der Waals surface area contributed by atoms with Crippen LogP contribution < -0.4 is 5.32 Å². The van der Waals surface area contributed by atoms with E-state index in [1.165, 1.54) is 28.4 Å². The van der Waals surface area contributed by atoms with E-state index < -0.39 is 0 Å². The Hall–Kier alpha value is -0.580. The number of hydrogen-bond donors (Lipinski definition) is 1. The molecule has 2 nitrogen and oxygen atoms in total. The number of aryl methyl sites for hydroxylation is 2. The summed E-state index contributed by atoms with van der Waals surface area (Å²) in [6.45, 7) is 2.92. The molecular weight excluding hydrogens is 337 g/mol. The minimum Gasteiger partial charge on any atom is -0.356 e. The number of amides is 1. The molecule has 0 spiro atoms. The predicted octanol–water partition coefficient (Wildman–Crippen LogP) is 3.65. The first kappa shape index (κ1) is 15.5. The first-order valence-electron chi connectivity index (χ1n) is 6.61. The van der Waals surface area contributed by atoms with Crippen LogP contribution >= 0.6 is 22.6 Å². The van der Waals surface area contributed by atoms with E-state index in [-0.39, 0.29) is 5.91 Å². The highest BCUT2D eigenvalue weighted by Gasteiger charge is 2.03. The molecular formula is C15H22INO. The van der Waals surface area contributed by atoms with Crippen molar-refractivity contribution in [1.82, 2.24) is 5.32 Å². The van der Waals surface area contributed by atoms with Gasteiger partial charge >= 0.3 is 0 Å². The molecule has 3 heteroatoms. The molecule has 0 unspecified atom stereocenters. The molecule has 0 aliphatic carbocycles. The van der Waals surface area contributed by atoms with Crippen LogP contribution in [0.1, 0.15) is 36.8 Å². The van der Waals surface area contributed by atoms with E-state index in [1.54, 1.807) is 0 Å². The Morgan fingerprint density at radius 1 is 1.22 bits per heavy atom. The van der Waals surface area contributed by atoms with Gasteiger partial charge in [-0.25, -0.2) is 0 Å². The molecule has 18 heavy (non-hydrogen) atoms. The first-order chi connectivity index (χ1) is 8.74. The number of carbonyl (C=O) groups is 1. The minimum absolute atomic E-state index is 0.174. The number of hydrogen-bond acceptors (Lipinski definition) is 1. The molecule has 0 aliphatic rings. The molecule has 0 fully saturated rings. The summed E-state index contributed by atoms with van der Waals surface area (Å²) >= 11 is 2.39. The summed E-state index contributed by atoms with van der Waals surface area (Å²) in [7, 11) is 0. The van der Waals surface area contributed by atoms with Crippen molar-refractivity contribution in [2.24, 2.45) is 0 Å². The van der Waals surface area contributed by atoms with Crippen LogP contribution in [0.2, 0.25) is 0 Å². The van der Waals surface area contributed by atoms with Crippen LogP contribution in [0.5, 0.6) is 0 Å². The fourth-order valence-electron chi connectivity index (χ4n) is 1.85. The van der Waals surface area contributed by atoms with Crippen molar-refractivity contribution in [3.05, 3.63) is 35.4 Å². The lowest BCUT2D eigenvalue weighted by atomic mass is 10.0.